The summed E-state index contributed by atoms with van der Waals surface area (Å²) in [5.41, 5.74) is 3.81. The molecule has 1 aliphatic heterocycles. The molecule has 0 radical (unpaired) electrons. The van der Waals surface area contributed by atoms with E-state index < -0.39 is 0 Å². The SMILES string of the molecule is Cc1cc(C2CC(C)(C)NC(C)(C)C2)nc2c1cnn2C(C)C. The van der Waals surface area contributed by atoms with E-state index in [1.54, 1.807) is 0 Å². The Balaban J connectivity index is 2.07. The Bertz CT molecular complexity index is 708. The topological polar surface area (TPSA) is 42.7 Å². The van der Waals surface area contributed by atoms with Crippen molar-refractivity contribution < 1.29 is 0 Å². The second-order valence-corrected chi connectivity index (χ2v) is 8.78. The van der Waals surface area contributed by atoms with Crippen LogP contribution < -0.4 is 5.32 Å². The van der Waals surface area contributed by atoms with E-state index in [1.807, 2.05) is 10.9 Å². The Hall–Kier alpha value is -1.42. The van der Waals surface area contributed by atoms with Crippen LogP contribution in [0.25, 0.3) is 11.0 Å². The predicted molar refractivity (Wildman–Crippen MR) is 95.9 cm³/mol. The van der Waals surface area contributed by atoms with Gasteiger partial charge in [-0.2, -0.15) is 5.10 Å². The number of hydrogen-bond donors (Lipinski definition) is 1. The third-order valence-electron chi connectivity index (χ3n) is 4.89. The zero-order valence-electron chi connectivity index (χ0n) is 15.6. The summed E-state index contributed by atoms with van der Waals surface area (Å²) in [6, 6.07) is 2.60. The molecule has 2 aromatic rings. The standard InChI is InChI=1S/C19H30N4/c1-12(2)23-17-15(11-20-23)13(3)8-16(21-17)14-9-18(4,5)22-19(6,7)10-14/h8,11-12,14,22H,9-10H2,1-7H3. The van der Waals surface area contributed by atoms with E-state index in [-0.39, 0.29) is 11.1 Å². The van der Waals surface area contributed by atoms with Gasteiger partial charge in [0.15, 0.2) is 5.65 Å². The van der Waals surface area contributed by atoms with Crippen LogP contribution in [0.15, 0.2) is 12.3 Å². The Kier molecular flexibility index (Phi) is 3.79. The van der Waals surface area contributed by atoms with Crippen LogP contribution in [-0.2, 0) is 0 Å². The van der Waals surface area contributed by atoms with Gasteiger partial charge in [0.2, 0.25) is 0 Å². The number of rotatable bonds is 2. The van der Waals surface area contributed by atoms with Gasteiger partial charge in [-0.25, -0.2) is 9.67 Å². The molecule has 1 fully saturated rings. The molecule has 0 amide bonds. The van der Waals surface area contributed by atoms with Crippen LogP contribution in [0.3, 0.4) is 0 Å². The molecular formula is C19H30N4. The molecule has 1 N–H and O–H groups in total. The zero-order valence-corrected chi connectivity index (χ0v) is 15.6. The normalized spacial score (nSPS) is 21.2. The van der Waals surface area contributed by atoms with Crippen molar-refractivity contribution in [1.82, 2.24) is 20.1 Å². The van der Waals surface area contributed by atoms with E-state index in [1.165, 1.54) is 16.6 Å². The van der Waals surface area contributed by atoms with Crippen LogP contribution in [0, 0.1) is 6.92 Å². The highest BCUT2D eigenvalue weighted by Gasteiger charge is 2.38. The first kappa shape index (κ1) is 16.4. The van der Waals surface area contributed by atoms with E-state index in [0.29, 0.717) is 12.0 Å². The summed E-state index contributed by atoms with van der Waals surface area (Å²) in [5.74, 6) is 0.486. The summed E-state index contributed by atoms with van der Waals surface area (Å²) in [6.45, 7) is 15.7. The van der Waals surface area contributed by atoms with Crippen molar-refractivity contribution in [2.24, 2.45) is 0 Å². The number of aryl methyl sites for hydroxylation is 1. The molecule has 0 bridgehead atoms. The molecule has 0 aromatic carbocycles. The highest BCUT2D eigenvalue weighted by atomic mass is 15.3. The van der Waals surface area contributed by atoms with Crippen molar-refractivity contribution in [3.8, 4) is 0 Å². The lowest BCUT2D eigenvalue weighted by Crippen LogP contribution is -2.57. The van der Waals surface area contributed by atoms with Crippen molar-refractivity contribution in [2.75, 3.05) is 0 Å². The van der Waals surface area contributed by atoms with E-state index in [4.69, 9.17) is 4.98 Å². The number of hydrogen-bond acceptors (Lipinski definition) is 3. The van der Waals surface area contributed by atoms with E-state index in [2.05, 4.69) is 64.9 Å². The molecule has 126 valence electrons. The average molecular weight is 314 g/mol. The summed E-state index contributed by atoms with van der Waals surface area (Å²) in [4.78, 5) is 5.04. The molecule has 0 atom stereocenters. The molecule has 4 nitrogen and oxygen atoms in total. The van der Waals surface area contributed by atoms with Crippen LogP contribution >= 0.6 is 0 Å². The highest BCUT2D eigenvalue weighted by Crippen LogP contribution is 2.39. The van der Waals surface area contributed by atoms with Crippen LogP contribution in [-0.4, -0.2) is 25.8 Å². The molecular weight excluding hydrogens is 284 g/mol. The fourth-order valence-electron chi connectivity index (χ4n) is 4.32. The first-order valence-corrected chi connectivity index (χ1v) is 8.72. The minimum absolute atomic E-state index is 0.134. The lowest BCUT2D eigenvalue weighted by atomic mass is 9.74. The van der Waals surface area contributed by atoms with Crippen molar-refractivity contribution in [1.29, 1.82) is 0 Å². The van der Waals surface area contributed by atoms with Gasteiger partial charge in [0.05, 0.1) is 6.20 Å². The first-order valence-electron chi connectivity index (χ1n) is 8.72. The number of nitrogens with zero attached hydrogens (tertiary/aromatic N) is 3. The summed E-state index contributed by atoms with van der Waals surface area (Å²) in [7, 11) is 0. The number of pyridine rings is 1. The third-order valence-corrected chi connectivity index (χ3v) is 4.89. The maximum absolute atomic E-state index is 5.04. The molecule has 3 heterocycles. The minimum Gasteiger partial charge on any atom is -0.307 e. The molecule has 4 heteroatoms. The largest absolute Gasteiger partial charge is 0.307 e. The molecule has 23 heavy (non-hydrogen) atoms. The molecule has 0 aliphatic carbocycles. The van der Waals surface area contributed by atoms with Crippen LogP contribution in [0.1, 0.15) is 77.6 Å². The smallest absolute Gasteiger partial charge is 0.158 e. The highest BCUT2D eigenvalue weighted by molar-refractivity contribution is 5.78. The predicted octanol–water partition coefficient (Wildman–Crippen LogP) is 4.34. The molecule has 3 rings (SSSR count). The number of piperidine rings is 1. The van der Waals surface area contributed by atoms with E-state index in [9.17, 15) is 0 Å². The van der Waals surface area contributed by atoms with Crippen molar-refractivity contribution in [3.05, 3.63) is 23.5 Å². The summed E-state index contributed by atoms with van der Waals surface area (Å²) in [5, 5.41) is 9.48. The van der Waals surface area contributed by atoms with E-state index in [0.717, 1.165) is 18.5 Å². The molecule has 1 aliphatic rings. The molecule has 0 saturated carbocycles. The Labute approximate surface area is 139 Å². The number of nitrogens with one attached hydrogen (secondary N) is 1. The maximum atomic E-state index is 5.04. The first-order chi connectivity index (χ1) is 10.6. The summed E-state index contributed by atoms with van der Waals surface area (Å²) >= 11 is 0. The van der Waals surface area contributed by atoms with Gasteiger partial charge in [0.25, 0.3) is 0 Å². The second-order valence-electron chi connectivity index (χ2n) is 8.78. The van der Waals surface area contributed by atoms with Crippen LogP contribution in [0.2, 0.25) is 0 Å². The fourth-order valence-corrected chi connectivity index (χ4v) is 4.32. The van der Waals surface area contributed by atoms with Crippen molar-refractivity contribution in [2.45, 2.75) is 84.3 Å². The molecule has 0 spiro atoms. The van der Waals surface area contributed by atoms with Gasteiger partial charge in [0, 0.05) is 34.1 Å². The van der Waals surface area contributed by atoms with Crippen LogP contribution in [0.4, 0.5) is 0 Å². The Morgan fingerprint density at radius 1 is 1.17 bits per heavy atom. The van der Waals surface area contributed by atoms with Gasteiger partial charge in [-0.1, -0.05) is 0 Å². The van der Waals surface area contributed by atoms with Crippen molar-refractivity contribution in [3.63, 3.8) is 0 Å². The van der Waals surface area contributed by atoms with Gasteiger partial charge in [0.1, 0.15) is 0 Å². The lowest BCUT2D eigenvalue weighted by Gasteiger charge is -2.46. The molecule has 0 unspecified atom stereocenters. The van der Waals surface area contributed by atoms with Gasteiger partial charge in [-0.15, -0.1) is 0 Å². The number of fused-ring (bicyclic) bond motifs is 1. The Morgan fingerprint density at radius 3 is 2.35 bits per heavy atom. The fraction of sp³-hybridized carbons (Fsp3) is 0.684. The van der Waals surface area contributed by atoms with Crippen molar-refractivity contribution >= 4 is 11.0 Å². The zero-order chi connectivity index (χ0) is 17.0. The van der Waals surface area contributed by atoms with Gasteiger partial charge >= 0.3 is 0 Å². The summed E-state index contributed by atoms with van der Waals surface area (Å²) < 4.78 is 2.04. The van der Waals surface area contributed by atoms with Gasteiger partial charge in [-0.3, -0.25) is 0 Å². The van der Waals surface area contributed by atoms with E-state index >= 15 is 0 Å². The second kappa shape index (κ2) is 5.30. The maximum Gasteiger partial charge on any atom is 0.158 e. The summed E-state index contributed by atoms with van der Waals surface area (Å²) in [6.07, 6.45) is 4.19. The minimum atomic E-state index is 0.134. The van der Waals surface area contributed by atoms with Crippen LogP contribution in [0.5, 0.6) is 0 Å². The lowest BCUT2D eigenvalue weighted by molar-refractivity contribution is 0.160. The molecule has 1 saturated heterocycles. The monoisotopic (exact) mass is 314 g/mol. The Morgan fingerprint density at radius 2 is 1.78 bits per heavy atom. The van der Waals surface area contributed by atoms with Gasteiger partial charge in [-0.05, 0) is 72.9 Å². The number of aromatic nitrogens is 3. The molecule has 2 aromatic heterocycles. The average Bonchev–Trinajstić information content (AvgIpc) is 2.79. The van der Waals surface area contributed by atoms with Gasteiger partial charge < -0.3 is 5.32 Å². The third kappa shape index (κ3) is 3.14. The quantitative estimate of drug-likeness (QED) is 0.896.